The normalized spacial score (nSPS) is 11.7. The SMILES string of the molecule is O=C(O)CNC(=O)c1c(=O)cc(Oc2cccc3c(C(F)(F)F)csc23)n2[nH]cnc12. The van der Waals surface area contributed by atoms with Crippen molar-refractivity contribution in [3.8, 4) is 11.6 Å². The van der Waals surface area contributed by atoms with Gasteiger partial charge in [0.05, 0.1) is 10.3 Å². The fourth-order valence-electron chi connectivity index (χ4n) is 2.95. The minimum absolute atomic E-state index is 0.0483. The third-order valence-electron chi connectivity index (χ3n) is 4.24. The maximum Gasteiger partial charge on any atom is 0.417 e. The number of carbonyl (C=O) groups excluding carboxylic acids is 1. The van der Waals surface area contributed by atoms with Crippen molar-refractivity contribution in [3.63, 3.8) is 0 Å². The number of fused-ring (bicyclic) bond motifs is 2. The van der Waals surface area contributed by atoms with Crippen molar-refractivity contribution >= 4 is 38.9 Å². The minimum Gasteiger partial charge on any atom is -0.480 e. The highest BCUT2D eigenvalue weighted by molar-refractivity contribution is 7.17. The Morgan fingerprint density at radius 3 is 2.81 bits per heavy atom. The molecule has 4 rings (SSSR count). The summed E-state index contributed by atoms with van der Waals surface area (Å²) >= 11 is 0.838. The number of thiophene rings is 1. The number of carboxylic acid groups (broad SMARTS) is 1. The van der Waals surface area contributed by atoms with E-state index in [1.165, 1.54) is 24.5 Å². The summed E-state index contributed by atoms with van der Waals surface area (Å²) in [4.78, 5) is 39.3. The van der Waals surface area contributed by atoms with E-state index in [0.29, 0.717) is 0 Å². The van der Waals surface area contributed by atoms with Gasteiger partial charge in [0.1, 0.15) is 24.2 Å². The van der Waals surface area contributed by atoms with Crippen LogP contribution in [0, 0.1) is 0 Å². The molecule has 1 amide bonds. The molecule has 3 aromatic heterocycles. The van der Waals surface area contributed by atoms with Crippen LogP contribution in [0.25, 0.3) is 15.7 Å². The number of halogens is 3. The second-order valence-corrected chi connectivity index (χ2v) is 7.11. The molecule has 160 valence electrons. The van der Waals surface area contributed by atoms with Crippen LogP contribution in [-0.4, -0.2) is 38.1 Å². The molecule has 0 spiro atoms. The van der Waals surface area contributed by atoms with Gasteiger partial charge in [0.15, 0.2) is 5.65 Å². The lowest BCUT2D eigenvalue weighted by atomic mass is 10.1. The van der Waals surface area contributed by atoms with Gasteiger partial charge in [0.25, 0.3) is 5.91 Å². The molecule has 3 N–H and O–H groups in total. The van der Waals surface area contributed by atoms with Crippen molar-refractivity contribution in [2.75, 3.05) is 6.54 Å². The second kappa shape index (κ2) is 7.43. The molecule has 31 heavy (non-hydrogen) atoms. The van der Waals surface area contributed by atoms with E-state index in [-0.39, 0.29) is 27.4 Å². The van der Waals surface area contributed by atoms with Crippen LogP contribution in [0.3, 0.4) is 0 Å². The summed E-state index contributed by atoms with van der Waals surface area (Å²) in [7, 11) is 0. The van der Waals surface area contributed by atoms with E-state index in [1.807, 2.05) is 0 Å². The highest BCUT2D eigenvalue weighted by atomic mass is 32.1. The van der Waals surface area contributed by atoms with Crippen LogP contribution < -0.4 is 15.5 Å². The third kappa shape index (κ3) is 3.70. The summed E-state index contributed by atoms with van der Waals surface area (Å²) in [5, 5.41) is 14.3. The largest absolute Gasteiger partial charge is 0.480 e. The third-order valence-corrected chi connectivity index (χ3v) is 5.25. The first kappa shape index (κ1) is 20.4. The van der Waals surface area contributed by atoms with Gasteiger partial charge in [0.2, 0.25) is 11.3 Å². The zero-order valence-corrected chi connectivity index (χ0v) is 16.0. The summed E-state index contributed by atoms with van der Waals surface area (Å²) in [6, 6.07) is 5.10. The first-order valence-electron chi connectivity index (χ1n) is 8.51. The number of carboxylic acids is 1. The summed E-state index contributed by atoms with van der Waals surface area (Å²) in [6.07, 6.45) is -3.36. The van der Waals surface area contributed by atoms with E-state index in [9.17, 15) is 27.6 Å². The number of H-pyrrole nitrogens is 1. The lowest BCUT2D eigenvalue weighted by Crippen LogP contribution is -2.33. The molecule has 9 nitrogen and oxygen atoms in total. The molecule has 0 saturated heterocycles. The van der Waals surface area contributed by atoms with Gasteiger partial charge in [-0.2, -0.15) is 13.2 Å². The molecule has 0 saturated carbocycles. The molecule has 0 unspecified atom stereocenters. The van der Waals surface area contributed by atoms with E-state index in [4.69, 9.17) is 9.84 Å². The molecule has 0 aliphatic rings. The number of benzene rings is 1. The molecular formula is C18H11F3N4O5S. The zero-order valence-electron chi connectivity index (χ0n) is 15.2. The van der Waals surface area contributed by atoms with E-state index in [2.05, 4.69) is 15.4 Å². The first-order chi connectivity index (χ1) is 14.7. The molecule has 0 atom stereocenters. The maximum absolute atomic E-state index is 13.2. The highest BCUT2D eigenvalue weighted by Gasteiger charge is 2.34. The number of ether oxygens (including phenoxy) is 1. The molecule has 4 aromatic rings. The average molecular weight is 452 g/mol. The van der Waals surface area contributed by atoms with Gasteiger partial charge in [-0.3, -0.25) is 19.5 Å². The van der Waals surface area contributed by atoms with Crippen LogP contribution in [0.1, 0.15) is 15.9 Å². The number of nitrogens with zero attached hydrogens (tertiary/aromatic N) is 2. The van der Waals surface area contributed by atoms with E-state index in [1.54, 1.807) is 0 Å². The van der Waals surface area contributed by atoms with Gasteiger partial charge in [-0.15, -0.1) is 11.3 Å². The maximum atomic E-state index is 13.2. The summed E-state index contributed by atoms with van der Waals surface area (Å²) in [5.41, 5.74) is -2.16. The minimum atomic E-state index is -4.53. The zero-order chi connectivity index (χ0) is 22.3. The molecule has 13 heteroatoms. The standard InChI is InChI=1S/C18H11F3N4O5S/c19-18(20,21)9-6-31-15-8(9)2-1-3-11(15)30-12-4-10(26)14(16-23-7-24-25(12)16)17(29)22-5-13(27)28/h1-4,6-7H,5H2,(H,22,29)(H,23,24)(H,27,28). The number of carbonyl (C=O) groups is 2. The Hall–Kier alpha value is -3.87. The van der Waals surface area contributed by atoms with Crippen molar-refractivity contribution in [1.29, 1.82) is 0 Å². The lowest BCUT2D eigenvalue weighted by Gasteiger charge is -2.11. The number of nitrogens with one attached hydrogen (secondary N) is 2. The average Bonchev–Trinajstić information content (AvgIpc) is 3.33. The van der Waals surface area contributed by atoms with E-state index in [0.717, 1.165) is 27.3 Å². The monoisotopic (exact) mass is 452 g/mol. The molecule has 3 heterocycles. The highest BCUT2D eigenvalue weighted by Crippen LogP contribution is 2.42. The van der Waals surface area contributed by atoms with Crippen LogP contribution >= 0.6 is 11.3 Å². The second-order valence-electron chi connectivity index (χ2n) is 6.23. The number of amides is 1. The Morgan fingerprint density at radius 1 is 1.32 bits per heavy atom. The van der Waals surface area contributed by atoms with Crippen LogP contribution in [0.15, 0.2) is 40.8 Å². The molecule has 0 bridgehead atoms. The molecule has 0 radical (unpaired) electrons. The quantitative estimate of drug-likeness (QED) is 0.428. The van der Waals surface area contributed by atoms with Crippen LogP contribution in [0.5, 0.6) is 11.6 Å². The van der Waals surface area contributed by atoms with Crippen molar-refractivity contribution in [3.05, 3.63) is 57.3 Å². The number of rotatable bonds is 5. The molecule has 0 aliphatic carbocycles. The van der Waals surface area contributed by atoms with E-state index >= 15 is 0 Å². The van der Waals surface area contributed by atoms with Gasteiger partial charge in [-0.25, -0.2) is 9.50 Å². The van der Waals surface area contributed by atoms with Crippen LogP contribution in [0.4, 0.5) is 13.2 Å². The fraction of sp³-hybridized carbons (Fsp3) is 0.111. The van der Waals surface area contributed by atoms with Gasteiger partial charge >= 0.3 is 12.1 Å². The summed E-state index contributed by atoms with van der Waals surface area (Å²) in [6.45, 7) is -0.699. The van der Waals surface area contributed by atoms with Gasteiger partial charge in [0, 0.05) is 16.8 Å². The van der Waals surface area contributed by atoms with Crippen molar-refractivity contribution in [1.82, 2.24) is 19.9 Å². The Bertz CT molecular complexity index is 1390. The number of pyridine rings is 1. The number of alkyl halides is 3. The van der Waals surface area contributed by atoms with Gasteiger partial charge < -0.3 is 15.2 Å². The Labute approximate surface area is 173 Å². The number of hydrogen-bond acceptors (Lipinski definition) is 6. The molecular weight excluding hydrogens is 441 g/mol. The van der Waals surface area contributed by atoms with Crippen molar-refractivity contribution < 1.29 is 32.6 Å². The van der Waals surface area contributed by atoms with Gasteiger partial charge in [-0.1, -0.05) is 12.1 Å². The van der Waals surface area contributed by atoms with Crippen molar-refractivity contribution in [2.24, 2.45) is 0 Å². The number of hydrogen-bond donors (Lipinski definition) is 3. The molecule has 0 aliphatic heterocycles. The smallest absolute Gasteiger partial charge is 0.417 e. The number of aliphatic carboxylic acids is 1. The molecule has 1 aromatic carbocycles. The predicted octanol–water partition coefficient (Wildman–Crippen LogP) is 2.86. The Morgan fingerprint density at radius 2 is 2.10 bits per heavy atom. The first-order valence-corrected chi connectivity index (χ1v) is 9.39. The van der Waals surface area contributed by atoms with Crippen LogP contribution in [-0.2, 0) is 11.0 Å². The van der Waals surface area contributed by atoms with Gasteiger partial charge in [-0.05, 0) is 6.07 Å². The number of aromatic amines is 1. The summed E-state index contributed by atoms with van der Waals surface area (Å²) < 4.78 is 46.7. The Kier molecular flexibility index (Phi) is 4.89. The van der Waals surface area contributed by atoms with Crippen molar-refractivity contribution in [2.45, 2.75) is 6.18 Å². The van der Waals surface area contributed by atoms with E-state index < -0.39 is 41.2 Å². The van der Waals surface area contributed by atoms with Crippen LogP contribution in [0.2, 0.25) is 0 Å². The topological polar surface area (TPSA) is 126 Å². The predicted molar refractivity (Wildman–Crippen MR) is 103 cm³/mol. The lowest BCUT2D eigenvalue weighted by molar-refractivity contribution is -0.136. The summed E-state index contributed by atoms with van der Waals surface area (Å²) in [5.74, 6) is -2.29. The fourth-order valence-corrected chi connectivity index (χ4v) is 3.97. The number of aromatic nitrogens is 3. The molecule has 0 fully saturated rings. The Balaban J connectivity index is 1.78.